The van der Waals surface area contributed by atoms with Crippen molar-refractivity contribution in [2.24, 2.45) is 0 Å². The van der Waals surface area contributed by atoms with E-state index >= 15 is 0 Å². The molecule has 0 fully saturated rings. The minimum atomic E-state index is -4.57. The molecule has 7 nitrogen and oxygen atoms in total. The van der Waals surface area contributed by atoms with Crippen molar-refractivity contribution in [1.82, 2.24) is 20.1 Å². The third-order valence-corrected chi connectivity index (χ3v) is 7.46. The van der Waals surface area contributed by atoms with E-state index in [4.69, 9.17) is 11.6 Å². The first-order valence-electron chi connectivity index (χ1n) is 11.8. The zero-order valence-electron chi connectivity index (χ0n) is 21.1. The predicted molar refractivity (Wildman–Crippen MR) is 152 cm³/mol. The van der Waals surface area contributed by atoms with Gasteiger partial charge >= 0.3 is 6.18 Å². The summed E-state index contributed by atoms with van der Waals surface area (Å²) in [6, 6.07) is 15.1. The molecule has 0 aliphatic rings. The van der Waals surface area contributed by atoms with Crippen LogP contribution >= 0.6 is 39.3 Å². The summed E-state index contributed by atoms with van der Waals surface area (Å²) in [5.74, 6) is -0.746. The monoisotopic (exact) mass is 651 g/mol. The van der Waals surface area contributed by atoms with E-state index in [2.05, 4.69) is 36.8 Å². The summed E-state index contributed by atoms with van der Waals surface area (Å²) in [6.45, 7) is 3.61. The smallest absolute Gasteiger partial charge is 0.345 e. The number of halogens is 5. The van der Waals surface area contributed by atoms with Crippen LogP contribution in [0.15, 0.2) is 70.3 Å². The van der Waals surface area contributed by atoms with Crippen LogP contribution in [0.5, 0.6) is 0 Å². The van der Waals surface area contributed by atoms with Gasteiger partial charge in [0.15, 0.2) is 11.0 Å². The number of alkyl halides is 3. The zero-order valence-corrected chi connectivity index (χ0v) is 24.3. The molecule has 0 aliphatic carbocycles. The molecule has 0 spiro atoms. The second-order valence-electron chi connectivity index (χ2n) is 8.74. The van der Waals surface area contributed by atoms with E-state index in [1.807, 2.05) is 32.0 Å². The van der Waals surface area contributed by atoms with Crippen molar-refractivity contribution < 1.29 is 22.8 Å². The summed E-state index contributed by atoms with van der Waals surface area (Å²) >= 11 is 10.4. The molecule has 0 saturated heterocycles. The van der Waals surface area contributed by atoms with Crippen LogP contribution in [0.1, 0.15) is 32.9 Å². The molecule has 2 N–H and O–H groups in total. The molecule has 0 aliphatic heterocycles. The average Bonchev–Trinajstić information content (AvgIpc) is 3.32. The van der Waals surface area contributed by atoms with Gasteiger partial charge in [0.2, 0.25) is 5.91 Å². The molecule has 4 rings (SSSR count). The first-order chi connectivity index (χ1) is 18.9. The normalized spacial score (nSPS) is 11.4. The van der Waals surface area contributed by atoms with Crippen molar-refractivity contribution >= 4 is 56.8 Å². The molecular weight excluding hydrogens is 631 g/mol. The average molecular weight is 653 g/mol. The number of anilines is 1. The minimum absolute atomic E-state index is 0.0789. The third-order valence-electron chi connectivity index (χ3n) is 5.71. The standard InChI is InChI=1S/C27H22BrClF3N5O2S/c1-15-6-7-16(2)22(10-15)34-24(38)14-40-26-36-35-23(13-33-25(39)20-12-18(28)8-9-21(20)29)37(26)19-5-3-4-17(11-19)27(30,31)32/h3-12H,13-14H2,1-2H3,(H,33,39)(H,34,38). The summed E-state index contributed by atoms with van der Waals surface area (Å²) in [6.07, 6.45) is -4.57. The number of carbonyl (C=O) groups is 2. The number of hydrogen-bond donors (Lipinski definition) is 2. The maximum absolute atomic E-state index is 13.5. The number of aryl methyl sites for hydroxylation is 2. The second kappa shape index (κ2) is 12.4. The summed E-state index contributed by atoms with van der Waals surface area (Å²) in [5.41, 5.74) is 2.01. The van der Waals surface area contributed by atoms with Crippen molar-refractivity contribution in [2.45, 2.75) is 31.7 Å². The number of carbonyl (C=O) groups excluding carboxylic acids is 2. The highest BCUT2D eigenvalue weighted by Gasteiger charge is 2.31. The number of aromatic nitrogens is 3. The molecule has 208 valence electrons. The number of rotatable bonds is 8. The Morgan fingerprint density at radius 2 is 1.82 bits per heavy atom. The first kappa shape index (κ1) is 29.6. The van der Waals surface area contributed by atoms with E-state index in [1.54, 1.807) is 18.2 Å². The van der Waals surface area contributed by atoms with Crippen molar-refractivity contribution in [1.29, 1.82) is 0 Å². The summed E-state index contributed by atoms with van der Waals surface area (Å²) < 4.78 is 42.4. The zero-order chi connectivity index (χ0) is 29.0. The number of nitrogens with one attached hydrogen (secondary N) is 2. The van der Waals surface area contributed by atoms with E-state index in [0.29, 0.717) is 10.2 Å². The summed E-state index contributed by atoms with van der Waals surface area (Å²) in [5, 5.41) is 14.1. The SMILES string of the molecule is Cc1ccc(C)c(NC(=O)CSc2nnc(CNC(=O)c3cc(Br)ccc3Cl)n2-c2cccc(C(F)(F)F)c2)c1. The molecule has 3 aromatic carbocycles. The van der Waals surface area contributed by atoms with Gasteiger partial charge in [0, 0.05) is 10.2 Å². The van der Waals surface area contributed by atoms with Gasteiger partial charge in [0.25, 0.3) is 5.91 Å². The molecule has 0 bridgehead atoms. The van der Waals surface area contributed by atoms with Crippen LogP contribution < -0.4 is 10.6 Å². The molecule has 1 aromatic heterocycles. The molecule has 0 saturated carbocycles. The maximum Gasteiger partial charge on any atom is 0.416 e. The Morgan fingerprint density at radius 1 is 1.05 bits per heavy atom. The van der Waals surface area contributed by atoms with Gasteiger partial charge in [0.05, 0.1) is 34.1 Å². The van der Waals surface area contributed by atoms with Gasteiger partial charge in [-0.3, -0.25) is 14.2 Å². The van der Waals surface area contributed by atoms with Gasteiger partial charge in [-0.25, -0.2) is 0 Å². The summed E-state index contributed by atoms with van der Waals surface area (Å²) in [7, 11) is 0. The van der Waals surface area contributed by atoms with Crippen molar-refractivity contribution in [3.8, 4) is 5.69 Å². The highest BCUT2D eigenvalue weighted by atomic mass is 79.9. The van der Waals surface area contributed by atoms with Gasteiger partial charge in [-0.2, -0.15) is 13.2 Å². The van der Waals surface area contributed by atoms with Crippen molar-refractivity contribution in [3.05, 3.63) is 98.2 Å². The van der Waals surface area contributed by atoms with Gasteiger partial charge in [-0.15, -0.1) is 10.2 Å². The predicted octanol–water partition coefficient (Wildman–Crippen LogP) is 6.98. The molecule has 2 amide bonds. The Morgan fingerprint density at radius 3 is 2.58 bits per heavy atom. The second-order valence-corrected chi connectivity index (χ2v) is 11.0. The van der Waals surface area contributed by atoms with Gasteiger partial charge in [0.1, 0.15) is 0 Å². The lowest BCUT2D eigenvalue weighted by molar-refractivity contribution is -0.137. The molecule has 4 aromatic rings. The fraction of sp³-hybridized carbons (Fsp3) is 0.185. The van der Waals surface area contributed by atoms with Gasteiger partial charge in [-0.05, 0) is 67.4 Å². The molecule has 0 radical (unpaired) electrons. The summed E-state index contributed by atoms with van der Waals surface area (Å²) in [4.78, 5) is 25.5. The quantitative estimate of drug-likeness (QED) is 0.201. The van der Waals surface area contributed by atoms with Crippen LogP contribution in [0.2, 0.25) is 5.02 Å². The highest BCUT2D eigenvalue weighted by molar-refractivity contribution is 9.10. The van der Waals surface area contributed by atoms with Crippen LogP contribution in [0.3, 0.4) is 0 Å². The van der Waals surface area contributed by atoms with E-state index in [0.717, 1.165) is 35.0 Å². The van der Waals surface area contributed by atoms with E-state index in [1.165, 1.54) is 16.7 Å². The number of amides is 2. The Labute approximate surface area is 245 Å². The fourth-order valence-corrected chi connectivity index (χ4v) is 5.04. The maximum atomic E-state index is 13.5. The Bertz CT molecular complexity index is 1580. The lowest BCUT2D eigenvalue weighted by Gasteiger charge is -2.14. The fourth-order valence-electron chi connectivity index (χ4n) is 3.70. The van der Waals surface area contributed by atoms with Crippen LogP contribution in [-0.4, -0.2) is 32.3 Å². The highest BCUT2D eigenvalue weighted by Crippen LogP contribution is 2.32. The third kappa shape index (κ3) is 7.23. The molecule has 13 heteroatoms. The molecule has 1 heterocycles. The molecular formula is C27H22BrClF3N5O2S. The van der Waals surface area contributed by atoms with Crippen LogP contribution in [0, 0.1) is 13.8 Å². The Hall–Kier alpha value is -3.35. The molecule has 0 atom stereocenters. The van der Waals surface area contributed by atoms with E-state index < -0.39 is 17.6 Å². The van der Waals surface area contributed by atoms with Crippen LogP contribution in [-0.2, 0) is 17.5 Å². The molecule has 40 heavy (non-hydrogen) atoms. The van der Waals surface area contributed by atoms with E-state index in [-0.39, 0.29) is 45.5 Å². The first-order valence-corrected chi connectivity index (χ1v) is 13.9. The lowest BCUT2D eigenvalue weighted by Crippen LogP contribution is -2.25. The Kier molecular flexibility index (Phi) is 9.22. The van der Waals surface area contributed by atoms with Gasteiger partial charge in [-0.1, -0.05) is 57.5 Å². The lowest BCUT2D eigenvalue weighted by atomic mass is 10.1. The van der Waals surface area contributed by atoms with Crippen LogP contribution in [0.4, 0.5) is 18.9 Å². The molecule has 0 unspecified atom stereocenters. The topological polar surface area (TPSA) is 88.9 Å². The van der Waals surface area contributed by atoms with E-state index in [9.17, 15) is 22.8 Å². The number of benzene rings is 3. The van der Waals surface area contributed by atoms with Crippen molar-refractivity contribution in [2.75, 3.05) is 11.1 Å². The van der Waals surface area contributed by atoms with Gasteiger partial charge < -0.3 is 10.6 Å². The largest absolute Gasteiger partial charge is 0.416 e. The minimum Gasteiger partial charge on any atom is -0.345 e. The van der Waals surface area contributed by atoms with Crippen LogP contribution in [0.25, 0.3) is 5.69 Å². The Balaban J connectivity index is 1.59. The number of thioether (sulfide) groups is 1. The number of hydrogen-bond acceptors (Lipinski definition) is 5. The number of nitrogens with zero attached hydrogens (tertiary/aromatic N) is 3. The van der Waals surface area contributed by atoms with Crippen molar-refractivity contribution in [3.63, 3.8) is 0 Å².